The van der Waals surface area contributed by atoms with E-state index in [1.807, 2.05) is 6.92 Å². The Kier molecular flexibility index (Phi) is 17.3. The van der Waals surface area contributed by atoms with E-state index in [-0.39, 0.29) is 5.60 Å². The highest BCUT2D eigenvalue weighted by Crippen LogP contribution is 2.20. The van der Waals surface area contributed by atoms with Gasteiger partial charge in [0.2, 0.25) is 0 Å². The number of carbonyl (C=O) groups is 2. The average Bonchev–Trinajstić information content (AvgIpc) is 2.26. The summed E-state index contributed by atoms with van der Waals surface area (Å²) in [5, 5.41) is 32.4. The SMILES string of the molecule is CC(=O)O.CC(=O)O.COC(C)(C)CCCC(C)CC(O)O. The molecule has 0 aliphatic rings. The number of carboxylic acids is 2. The quantitative estimate of drug-likeness (QED) is 0.528. The molecule has 0 aromatic carbocycles. The lowest BCUT2D eigenvalue weighted by Crippen LogP contribution is -2.22. The largest absolute Gasteiger partial charge is 0.481 e. The molecule has 0 aromatic rings. The maximum Gasteiger partial charge on any atom is 0.300 e. The van der Waals surface area contributed by atoms with Crippen molar-refractivity contribution in [2.24, 2.45) is 5.92 Å². The summed E-state index contributed by atoms with van der Waals surface area (Å²) in [6.07, 6.45) is 2.39. The van der Waals surface area contributed by atoms with Gasteiger partial charge in [-0.05, 0) is 26.2 Å². The van der Waals surface area contributed by atoms with Gasteiger partial charge in [0.1, 0.15) is 0 Å². The molecule has 1 unspecified atom stereocenters. The molecule has 7 heteroatoms. The predicted octanol–water partition coefficient (Wildman–Crippen LogP) is 2.10. The van der Waals surface area contributed by atoms with Crippen LogP contribution in [0.15, 0.2) is 0 Å². The van der Waals surface area contributed by atoms with E-state index in [9.17, 15) is 0 Å². The Morgan fingerprint density at radius 3 is 1.73 bits per heavy atom. The first-order valence-electron chi connectivity index (χ1n) is 7.14. The van der Waals surface area contributed by atoms with Gasteiger partial charge in [-0.2, -0.15) is 0 Å². The lowest BCUT2D eigenvalue weighted by molar-refractivity contribution is -0.135. The number of aliphatic carboxylic acids is 2. The van der Waals surface area contributed by atoms with Crippen LogP contribution < -0.4 is 0 Å². The maximum atomic E-state index is 9.00. The van der Waals surface area contributed by atoms with E-state index in [0.717, 1.165) is 33.1 Å². The van der Waals surface area contributed by atoms with E-state index in [2.05, 4.69) is 13.8 Å². The van der Waals surface area contributed by atoms with Gasteiger partial charge in [-0.3, -0.25) is 9.59 Å². The van der Waals surface area contributed by atoms with Crippen LogP contribution in [-0.4, -0.2) is 51.4 Å². The number of rotatable bonds is 7. The lowest BCUT2D eigenvalue weighted by atomic mass is 9.95. The second-order valence-corrected chi connectivity index (χ2v) is 5.72. The summed E-state index contributed by atoms with van der Waals surface area (Å²) < 4.78 is 5.30. The summed E-state index contributed by atoms with van der Waals surface area (Å²) in [4.78, 5) is 18.0. The fourth-order valence-electron chi connectivity index (χ4n) is 1.46. The summed E-state index contributed by atoms with van der Waals surface area (Å²) >= 11 is 0. The Bertz CT molecular complexity index is 268. The Balaban J connectivity index is -0.000000372. The van der Waals surface area contributed by atoms with Crippen molar-refractivity contribution in [3.63, 3.8) is 0 Å². The minimum atomic E-state index is -1.17. The first-order chi connectivity index (χ1) is 9.84. The molecule has 0 aliphatic heterocycles. The lowest BCUT2D eigenvalue weighted by Gasteiger charge is -2.23. The monoisotopic (exact) mass is 324 g/mol. The number of carboxylic acid groups (broad SMARTS) is 2. The van der Waals surface area contributed by atoms with Crippen molar-refractivity contribution in [2.75, 3.05) is 7.11 Å². The summed E-state index contributed by atoms with van der Waals surface area (Å²) in [6.45, 7) is 8.34. The molecule has 0 spiro atoms. The van der Waals surface area contributed by atoms with Crippen molar-refractivity contribution >= 4 is 11.9 Å². The predicted molar refractivity (Wildman–Crippen MR) is 83.6 cm³/mol. The van der Waals surface area contributed by atoms with Crippen LogP contribution >= 0.6 is 0 Å². The molecule has 0 fully saturated rings. The van der Waals surface area contributed by atoms with Crippen LogP contribution in [-0.2, 0) is 14.3 Å². The highest BCUT2D eigenvalue weighted by molar-refractivity contribution is 5.63. The van der Waals surface area contributed by atoms with Crippen molar-refractivity contribution in [3.8, 4) is 0 Å². The van der Waals surface area contributed by atoms with Crippen LogP contribution in [0.4, 0.5) is 0 Å². The number of methoxy groups -OCH3 is 1. The van der Waals surface area contributed by atoms with Gasteiger partial charge in [0.15, 0.2) is 6.29 Å². The van der Waals surface area contributed by atoms with E-state index in [1.54, 1.807) is 7.11 Å². The number of hydrogen-bond acceptors (Lipinski definition) is 5. The van der Waals surface area contributed by atoms with E-state index < -0.39 is 18.2 Å². The molecular formula is C15H32O7. The Labute approximate surface area is 132 Å². The van der Waals surface area contributed by atoms with Crippen molar-refractivity contribution in [2.45, 2.75) is 72.2 Å². The third-order valence-electron chi connectivity index (χ3n) is 2.64. The summed E-state index contributed by atoms with van der Waals surface area (Å²) in [5.41, 5.74) is -0.0580. The zero-order valence-corrected chi connectivity index (χ0v) is 14.5. The van der Waals surface area contributed by atoms with Crippen LogP contribution in [0.1, 0.15) is 60.3 Å². The Hall–Kier alpha value is -1.18. The third kappa shape index (κ3) is 36.4. The summed E-state index contributed by atoms with van der Waals surface area (Å²) in [7, 11) is 1.72. The molecule has 4 N–H and O–H groups in total. The topological polar surface area (TPSA) is 124 Å². The van der Waals surface area contributed by atoms with Crippen molar-refractivity contribution in [1.29, 1.82) is 0 Å². The van der Waals surface area contributed by atoms with E-state index in [4.69, 9.17) is 34.8 Å². The van der Waals surface area contributed by atoms with Crippen molar-refractivity contribution in [3.05, 3.63) is 0 Å². The fraction of sp³-hybridized carbons (Fsp3) is 0.867. The van der Waals surface area contributed by atoms with Gasteiger partial charge >= 0.3 is 0 Å². The average molecular weight is 324 g/mol. The minimum absolute atomic E-state index is 0.0580. The van der Waals surface area contributed by atoms with Gasteiger partial charge < -0.3 is 25.2 Å². The van der Waals surface area contributed by atoms with Crippen molar-refractivity contribution in [1.82, 2.24) is 0 Å². The van der Waals surface area contributed by atoms with Crippen LogP contribution in [0.2, 0.25) is 0 Å². The van der Waals surface area contributed by atoms with Gasteiger partial charge in [0.25, 0.3) is 11.9 Å². The van der Waals surface area contributed by atoms with Gasteiger partial charge in [-0.15, -0.1) is 0 Å². The highest BCUT2D eigenvalue weighted by atomic mass is 16.5. The van der Waals surface area contributed by atoms with Crippen LogP contribution in [0.3, 0.4) is 0 Å². The first kappa shape index (κ1) is 25.8. The maximum absolute atomic E-state index is 9.00. The number of ether oxygens (including phenoxy) is 1. The summed E-state index contributed by atoms with van der Waals surface area (Å²) in [5.74, 6) is -1.30. The van der Waals surface area contributed by atoms with Gasteiger partial charge in [0, 0.05) is 27.4 Å². The standard InChI is InChI=1S/C11H24O3.2C2H4O2/c1-9(8-10(12)13)6-5-7-11(2,3)14-4;2*1-2(3)4/h9-10,12-13H,5-8H2,1-4H3;2*1H3,(H,3,4). The second-order valence-electron chi connectivity index (χ2n) is 5.72. The molecule has 1 atom stereocenters. The molecule has 22 heavy (non-hydrogen) atoms. The van der Waals surface area contributed by atoms with Crippen LogP contribution in [0.5, 0.6) is 0 Å². The smallest absolute Gasteiger partial charge is 0.300 e. The van der Waals surface area contributed by atoms with Crippen LogP contribution in [0.25, 0.3) is 0 Å². The van der Waals surface area contributed by atoms with Gasteiger partial charge in [-0.25, -0.2) is 0 Å². The highest BCUT2D eigenvalue weighted by Gasteiger charge is 2.16. The number of aliphatic hydroxyl groups excluding tert-OH is 1. The Morgan fingerprint density at radius 2 is 1.45 bits per heavy atom. The first-order valence-corrected chi connectivity index (χ1v) is 7.14. The molecule has 0 amide bonds. The number of hydrogen-bond donors (Lipinski definition) is 4. The van der Waals surface area contributed by atoms with E-state index in [0.29, 0.717) is 12.3 Å². The molecule has 0 saturated carbocycles. The van der Waals surface area contributed by atoms with Crippen LogP contribution in [0, 0.1) is 5.92 Å². The van der Waals surface area contributed by atoms with E-state index >= 15 is 0 Å². The Morgan fingerprint density at radius 1 is 1.09 bits per heavy atom. The zero-order valence-electron chi connectivity index (χ0n) is 14.5. The molecule has 0 radical (unpaired) electrons. The minimum Gasteiger partial charge on any atom is -0.481 e. The molecule has 7 nitrogen and oxygen atoms in total. The molecule has 0 bridgehead atoms. The van der Waals surface area contributed by atoms with Gasteiger partial charge in [0.05, 0.1) is 5.60 Å². The molecule has 0 heterocycles. The zero-order chi connectivity index (χ0) is 18.3. The molecule has 0 saturated heterocycles. The van der Waals surface area contributed by atoms with Crippen molar-refractivity contribution < 1.29 is 34.8 Å². The normalized spacial score (nSPS) is 11.7. The van der Waals surface area contributed by atoms with E-state index in [1.165, 1.54) is 0 Å². The summed E-state index contributed by atoms with van der Waals surface area (Å²) in [6, 6.07) is 0. The molecule has 0 aromatic heterocycles. The third-order valence-corrected chi connectivity index (χ3v) is 2.64. The second kappa shape index (κ2) is 14.7. The molecule has 0 aliphatic carbocycles. The molecular weight excluding hydrogens is 292 g/mol. The number of aliphatic hydroxyl groups is 2. The van der Waals surface area contributed by atoms with Gasteiger partial charge in [-0.1, -0.05) is 19.8 Å². The molecule has 0 rings (SSSR count). The molecule has 134 valence electrons. The fourth-order valence-corrected chi connectivity index (χ4v) is 1.46.